The Morgan fingerprint density at radius 3 is 2.38 bits per heavy atom. The molecule has 2 aromatic heterocycles. The third-order valence-corrected chi connectivity index (χ3v) is 3.29. The number of hydrogen-bond acceptors (Lipinski definition) is 4. The average molecular weight is 274 g/mol. The summed E-state index contributed by atoms with van der Waals surface area (Å²) in [5, 5.41) is 0. The summed E-state index contributed by atoms with van der Waals surface area (Å²) in [6.07, 6.45) is 1.58. The number of aromatic nitrogens is 4. The van der Waals surface area contributed by atoms with Gasteiger partial charge in [0.25, 0.3) is 5.56 Å². The van der Waals surface area contributed by atoms with Gasteiger partial charge in [-0.2, -0.15) is 0 Å². The van der Waals surface area contributed by atoms with Gasteiger partial charge in [0.2, 0.25) is 0 Å². The first-order chi connectivity index (χ1) is 10.3. The number of nitrogens with zero attached hydrogens (tertiary/aromatic N) is 3. The lowest BCUT2D eigenvalue weighted by Crippen LogP contribution is -2.12. The second-order valence-electron chi connectivity index (χ2n) is 4.68. The number of benzene rings is 2. The monoisotopic (exact) mass is 274 g/mol. The summed E-state index contributed by atoms with van der Waals surface area (Å²) in [5.74, 6) is 0. The van der Waals surface area contributed by atoms with Crippen LogP contribution >= 0.6 is 0 Å². The summed E-state index contributed by atoms with van der Waals surface area (Å²) in [4.78, 5) is 28.2. The molecule has 100 valence electrons. The van der Waals surface area contributed by atoms with Gasteiger partial charge >= 0.3 is 0 Å². The molecule has 2 heterocycles. The summed E-state index contributed by atoms with van der Waals surface area (Å²) < 4.78 is 0. The summed E-state index contributed by atoms with van der Waals surface area (Å²) in [7, 11) is 0. The molecule has 0 saturated carbocycles. The second-order valence-corrected chi connectivity index (χ2v) is 4.68. The van der Waals surface area contributed by atoms with Crippen LogP contribution in [0.1, 0.15) is 0 Å². The van der Waals surface area contributed by atoms with E-state index in [2.05, 4.69) is 19.9 Å². The van der Waals surface area contributed by atoms with E-state index in [-0.39, 0.29) is 11.3 Å². The van der Waals surface area contributed by atoms with E-state index in [0.717, 1.165) is 16.6 Å². The lowest BCUT2D eigenvalue weighted by molar-refractivity contribution is 1.18. The van der Waals surface area contributed by atoms with Gasteiger partial charge in [0, 0.05) is 0 Å². The van der Waals surface area contributed by atoms with E-state index in [9.17, 15) is 4.79 Å². The molecule has 5 heteroatoms. The van der Waals surface area contributed by atoms with Gasteiger partial charge in [-0.15, -0.1) is 0 Å². The Morgan fingerprint density at radius 1 is 0.810 bits per heavy atom. The summed E-state index contributed by atoms with van der Waals surface area (Å²) >= 11 is 0. The number of rotatable bonds is 1. The highest BCUT2D eigenvalue weighted by atomic mass is 16.1. The molecule has 0 amide bonds. The Hall–Kier alpha value is -3.08. The van der Waals surface area contributed by atoms with Crippen molar-refractivity contribution in [1.29, 1.82) is 0 Å². The number of fused-ring (bicyclic) bond motifs is 2. The predicted octanol–water partition coefficient (Wildman–Crippen LogP) is 2.53. The van der Waals surface area contributed by atoms with E-state index < -0.39 is 0 Å². The SMILES string of the molecule is O=c1[nH]c2ccccc2nc1-c1cnc2ccccc2n1. The molecule has 0 unspecified atom stereocenters. The first-order valence-electron chi connectivity index (χ1n) is 6.52. The largest absolute Gasteiger partial charge is 0.319 e. The van der Waals surface area contributed by atoms with E-state index in [1.54, 1.807) is 6.20 Å². The summed E-state index contributed by atoms with van der Waals surface area (Å²) in [6, 6.07) is 14.9. The van der Waals surface area contributed by atoms with Crippen LogP contribution in [0.15, 0.2) is 59.5 Å². The summed E-state index contributed by atoms with van der Waals surface area (Å²) in [5.41, 5.74) is 3.45. The van der Waals surface area contributed by atoms with E-state index in [1.165, 1.54) is 0 Å². The molecule has 0 fully saturated rings. The molecule has 0 aliphatic heterocycles. The number of para-hydroxylation sites is 4. The maximum atomic E-state index is 12.2. The van der Waals surface area contributed by atoms with Gasteiger partial charge in [-0.05, 0) is 24.3 Å². The van der Waals surface area contributed by atoms with Gasteiger partial charge in [-0.25, -0.2) is 9.97 Å². The summed E-state index contributed by atoms with van der Waals surface area (Å²) in [6.45, 7) is 0. The van der Waals surface area contributed by atoms with Crippen molar-refractivity contribution in [2.45, 2.75) is 0 Å². The van der Waals surface area contributed by atoms with Crippen LogP contribution in [-0.4, -0.2) is 19.9 Å². The Bertz CT molecular complexity index is 1020. The number of aromatic amines is 1. The highest BCUT2D eigenvalue weighted by Crippen LogP contribution is 2.16. The molecule has 5 nitrogen and oxygen atoms in total. The van der Waals surface area contributed by atoms with Crippen molar-refractivity contribution in [2.75, 3.05) is 0 Å². The highest BCUT2D eigenvalue weighted by molar-refractivity contribution is 5.79. The zero-order valence-corrected chi connectivity index (χ0v) is 10.9. The molecule has 0 spiro atoms. The van der Waals surface area contributed by atoms with Gasteiger partial charge in [-0.1, -0.05) is 24.3 Å². The minimum Gasteiger partial charge on any atom is -0.319 e. The third-order valence-electron chi connectivity index (χ3n) is 3.29. The van der Waals surface area contributed by atoms with Gasteiger partial charge < -0.3 is 4.98 Å². The van der Waals surface area contributed by atoms with E-state index in [0.29, 0.717) is 11.2 Å². The quantitative estimate of drug-likeness (QED) is 0.579. The standard InChI is InChI=1S/C16H10N4O/c21-16-15(19-12-7-3-4-8-13(12)20-16)14-9-17-10-5-1-2-6-11(10)18-14/h1-9H,(H,20,21). The Morgan fingerprint density at radius 2 is 1.52 bits per heavy atom. The molecular weight excluding hydrogens is 264 g/mol. The van der Waals surface area contributed by atoms with Crippen molar-refractivity contribution in [3.8, 4) is 11.4 Å². The van der Waals surface area contributed by atoms with Crippen molar-refractivity contribution in [2.24, 2.45) is 0 Å². The number of hydrogen-bond donors (Lipinski definition) is 1. The van der Waals surface area contributed by atoms with Gasteiger partial charge in [-0.3, -0.25) is 9.78 Å². The zero-order valence-electron chi connectivity index (χ0n) is 10.9. The molecule has 0 bridgehead atoms. The molecule has 4 rings (SSSR count). The first-order valence-corrected chi connectivity index (χ1v) is 6.52. The second kappa shape index (κ2) is 4.49. The minimum atomic E-state index is -0.265. The number of nitrogens with one attached hydrogen (secondary N) is 1. The molecular formula is C16H10N4O. The molecule has 4 aromatic rings. The van der Waals surface area contributed by atoms with Crippen LogP contribution in [-0.2, 0) is 0 Å². The molecule has 1 N–H and O–H groups in total. The van der Waals surface area contributed by atoms with Crippen molar-refractivity contribution >= 4 is 22.1 Å². The third kappa shape index (κ3) is 1.95. The first kappa shape index (κ1) is 11.7. The van der Waals surface area contributed by atoms with E-state index >= 15 is 0 Å². The van der Waals surface area contributed by atoms with E-state index in [1.807, 2.05) is 48.5 Å². The average Bonchev–Trinajstić information content (AvgIpc) is 2.54. The van der Waals surface area contributed by atoms with Gasteiger partial charge in [0.1, 0.15) is 5.69 Å². The zero-order chi connectivity index (χ0) is 14.2. The lowest BCUT2D eigenvalue weighted by atomic mass is 10.2. The smallest absolute Gasteiger partial charge is 0.276 e. The molecule has 0 radical (unpaired) electrons. The highest BCUT2D eigenvalue weighted by Gasteiger charge is 2.10. The van der Waals surface area contributed by atoms with Gasteiger partial charge in [0.15, 0.2) is 5.69 Å². The van der Waals surface area contributed by atoms with Crippen LogP contribution in [0.2, 0.25) is 0 Å². The van der Waals surface area contributed by atoms with Crippen LogP contribution in [0.3, 0.4) is 0 Å². The predicted molar refractivity (Wildman–Crippen MR) is 80.9 cm³/mol. The molecule has 0 aliphatic carbocycles. The van der Waals surface area contributed by atoms with Crippen LogP contribution in [0, 0.1) is 0 Å². The maximum Gasteiger partial charge on any atom is 0.276 e. The van der Waals surface area contributed by atoms with Crippen molar-refractivity contribution in [3.05, 3.63) is 65.1 Å². The molecule has 0 aliphatic rings. The van der Waals surface area contributed by atoms with Crippen LogP contribution < -0.4 is 5.56 Å². The fourth-order valence-corrected chi connectivity index (χ4v) is 2.27. The topological polar surface area (TPSA) is 71.5 Å². The fourth-order valence-electron chi connectivity index (χ4n) is 2.27. The lowest BCUT2D eigenvalue weighted by Gasteiger charge is -2.03. The van der Waals surface area contributed by atoms with E-state index in [4.69, 9.17) is 0 Å². The van der Waals surface area contributed by atoms with Crippen molar-refractivity contribution < 1.29 is 0 Å². The minimum absolute atomic E-state index is 0.265. The Kier molecular flexibility index (Phi) is 2.50. The van der Waals surface area contributed by atoms with Crippen molar-refractivity contribution in [1.82, 2.24) is 19.9 Å². The normalized spacial score (nSPS) is 11.0. The fraction of sp³-hybridized carbons (Fsp3) is 0. The van der Waals surface area contributed by atoms with Crippen molar-refractivity contribution in [3.63, 3.8) is 0 Å². The number of H-pyrrole nitrogens is 1. The molecule has 2 aromatic carbocycles. The van der Waals surface area contributed by atoms with Gasteiger partial charge in [0.05, 0.1) is 28.3 Å². The molecule has 0 saturated heterocycles. The maximum absolute atomic E-state index is 12.2. The Balaban J connectivity index is 1.99. The van der Waals surface area contributed by atoms with Crippen LogP contribution in [0.4, 0.5) is 0 Å². The molecule has 0 atom stereocenters. The molecule has 21 heavy (non-hydrogen) atoms. The Labute approximate surface area is 119 Å². The van der Waals surface area contributed by atoms with Crippen LogP contribution in [0.5, 0.6) is 0 Å². The van der Waals surface area contributed by atoms with Crippen LogP contribution in [0.25, 0.3) is 33.5 Å².